The first-order chi connectivity index (χ1) is 9.99. The molecule has 0 aromatic heterocycles. The lowest BCUT2D eigenvalue weighted by molar-refractivity contribution is -0.127. The van der Waals surface area contributed by atoms with Crippen LogP contribution in [0.25, 0.3) is 0 Å². The number of rotatable bonds is 5. The molecule has 21 heavy (non-hydrogen) atoms. The van der Waals surface area contributed by atoms with Crippen LogP contribution in [0, 0.1) is 0 Å². The van der Waals surface area contributed by atoms with E-state index in [1.165, 1.54) is 12.8 Å². The quantitative estimate of drug-likeness (QED) is 0.817. The molecule has 2 rings (SSSR count). The van der Waals surface area contributed by atoms with Gasteiger partial charge in [-0.1, -0.05) is 42.7 Å². The van der Waals surface area contributed by atoms with Gasteiger partial charge in [0.2, 0.25) is 0 Å². The van der Waals surface area contributed by atoms with Crippen LogP contribution >= 0.6 is 23.8 Å². The Kier molecular flexibility index (Phi) is 5.42. The zero-order valence-corrected chi connectivity index (χ0v) is 13.5. The Hall–Kier alpha value is -1.33. The van der Waals surface area contributed by atoms with E-state index in [4.69, 9.17) is 34.3 Å². The number of hydrogen-bond donors (Lipinski definition) is 2. The first kappa shape index (κ1) is 16.0. The fourth-order valence-corrected chi connectivity index (χ4v) is 3.01. The molecule has 0 spiro atoms. The molecule has 1 amide bonds. The number of nitrogens with one attached hydrogen (secondary N) is 1. The highest BCUT2D eigenvalue weighted by atomic mass is 35.5. The van der Waals surface area contributed by atoms with Crippen molar-refractivity contribution in [1.82, 2.24) is 5.32 Å². The molecular weight excluding hydrogens is 308 g/mol. The Bertz CT molecular complexity index is 544. The smallest absolute Gasteiger partial charge is 0.260 e. The zero-order valence-electron chi connectivity index (χ0n) is 11.9. The van der Waals surface area contributed by atoms with Crippen LogP contribution in [0.4, 0.5) is 0 Å². The van der Waals surface area contributed by atoms with Gasteiger partial charge in [-0.05, 0) is 31.9 Å². The Morgan fingerprint density at radius 1 is 1.48 bits per heavy atom. The maximum Gasteiger partial charge on any atom is 0.260 e. The van der Waals surface area contributed by atoms with Crippen molar-refractivity contribution in [2.45, 2.75) is 44.8 Å². The molecule has 114 valence electrons. The van der Waals surface area contributed by atoms with Gasteiger partial charge in [-0.15, -0.1) is 0 Å². The molecule has 6 heteroatoms. The van der Waals surface area contributed by atoms with Gasteiger partial charge in [-0.3, -0.25) is 4.79 Å². The summed E-state index contributed by atoms with van der Waals surface area (Å²) in [5.74, 6) is 0.305. The van der Waals surface area contributed by atoms with Crippen molar-refractivity contribution in [2.75, 3.05) is 0 Å². The summed E-state index contributed by atoms with van der Waals surface area (Å²) in [6.07, 6.45) is 3.78. The lowest BCUT2D eigenvalue weighted by atomic mass is 10.2. The fraction of sp³-hybridized carbons (Fsp3) is 0.467. The monoisotopic (exact) mass is 326 g/mol. The SMILES string of the molecule is CC(Oc1cccc(Cl)c1C(N)=S)C(=O)NC1CCCC1. The number of benzene rings is 1. The normalized spacial score (nSPS) is 16.5. The number of carbonyl (C=O) groups excluding carboxylic acids is 1. The zero-order chi connectivity index (χ0) is 15.4. The van der Waals surface area contributed by atoms with E-state index in [0.29, 0.717) is 16.3 Å². The van der Waals surface area contributed by atoms with Crippen molar-refractivity contribution in [3.63, 3.8) is 0 Å². The topological polar surface area (TPSA) is 64.3 Å². The third-order valence-corrected chi connectivity index (χ3v) is 4.12. The van der Waals surface area contributed by atoms with E-state index in [1.54, 1.807) is 25.1 Å². The van der Waals surface area contributed by atoms with Crippen molar-refractivity contribution in [3.8, 4) is 5.75 Å². The first-order valence-corrected chi connectivity index (χ1v) is 7.83. The number of thiocarbonyl (C=S) groups is 1. The largest absolute Gasteiger partial charge is 0.480 e. The Morgan fingerprint density at radius 2 is 2.14 bits per heavy atom. The van der Waals surface area contributed by atoms with Gasteiger partial charge in [0.25, 0.3) is 5.91 Å². The summed E-state index contributed by atoms with van der Waals surface area (Å²) < 4.78 is 5.70. The van der Waals surface area contributed by atoms with Gasteiger partial charge in [-0.25, -0.2) is 0 Å². The van der Waals surface area contributed by atoms with E-state index >= 15 is 0 Å². The van der Waals surface area contributed by atoms with Gasteiger partial charge in [0.15, 0.2) is 6.10 Å². The van der Waals surface area contributed by atoms with Crippen LogP contribution in [-0.2, 0) is 4.79 Å². The van der Waals surface area contributed by atoms with Crippen molar-refractivity contribution < 1.29 is 9.53 Å². The Labute approximate surface area is 135 Å². The molecule has 1 aromatic rings. The van der Waals surface area contributed by atoms with E-state index < -0.39 is 6.10 Å². The molecule has 1 atom stereocenters. The van der Waals surface area contributed by atoms with Crippen LogP contribution in [0.3, 0.4) is 0 Å². The summed E-state index contributed by atoms with van der Waals surface area (Å²) in [5.41, 5.74) is 6.13. The highest BCUT2D eigenvalue weighted by Crippen LogP contribution is 2.27. The van der Waals surface area contributed by atoms with E-state index in [1.807, 2.05) is 0 Å². The molecule has 0 bridgehead atoms. The molecule has 3 N–H and O–H groups in total. The number of nitrogens with two attached hydrogens (primary N) is 1. The van der Waals surface area contributed by atoms with Crippen molar-refractivity contribution in [1.29, 1.82) is 0 Å². The van der Waals surface area contributed by atoms with Crippen LogP contribution in [-0.4, -0.2) is 23.0 Å². The lowest BCUT2D eigenvalue weighted by Gasteiger charge is -2.19. The number of hydrogen-bond acceptors (Lipinski definition) is 3. The molecule has 1 saturated carbocycles. The second-order valence-corrected chi connectivity index (χ2v) is 6.07. The molecule has 0 saturated heterocycles. The minimum atomic E-state index is -0.628. The van der Waals surface area contributed by atoms with Gasteiger partial charge < -0.3 is 15.8 Å². The van der Waals surface area contributed by atoms with Crippen LogP contribution in [0.2, 0.25) is 5.02 Å². The van der Waals surface area contributed by atoms with Crippen LogP contribution < -0.4 is 15.8 Å². The average molecular weight is 327 g/mol. The van der Waals surface area contributed by atoms with Crippen LogP contribution in [0.5, 0.6) is 5.75 Å². The van der Waals surface area contributed by atoms with E-state index in [2.05, 4.69) is 5.32 Å². The average Bonchev–Trinajstić information content (AvgIpc) is 2.91. The summed E-state index contributed by atoms with van der Waals surface area (Å²) in [6, 6.07) is 5.39. The number of ether oxygens (including phenoxy) is 1. The van der Waals surface area contributed by atoms with E-state index in [0.717, 1.165) is 12.8 Å². The van der Waals surface area contributed by atoms with Gasteiger partial charge in [0, 0.05) is 6.04 Å². The predicted molar refractivity (Wildman–Crippen MR) is 87.8 cm³/mol. The van der Waals surface area contributed by atoms with Gasteiger partial charge in [0.1, 0.15) is 10.7 Å². The molecule has 1 aliphatic rings. The van der Waals surface area contributed by atoms with Crippen LogP contribution in [0.1, 0.15) is 38.2 Å². The van der Waals surface area contributed by atoms with Gasteiger partial charge in [-0.2, -0.15) is 0 Å². The molecule has 0 aliphatic heterocycles. The summed E-state index contributed by atoms with van der Waals surface area (Å²) >= 11 is 11.1. The first-order valence-electron chi connectivity index (χ1n) is 7.04. The molecule has 1 aliphatic carbocycles. The van der Waals surface area contributed by atoms with Gasteiger partial charge >= 0.3 is 0 Å². The molecule has 0 heterocycles. The molecule has 1 fully saturated rings. The Balaban J connectivity index is 2.05. The number of amides is 1. The van der Waals surface area contributed by atoms with Crippen molar-refractivity contribution in [2.24, 2.45) is 5.73 Å². The van der Waals surface area contributed by atoms with E-state index in [9.17, 15) is 4.79 Å². The molecule has 1 unspecified atom stereocenters. The minimum Gasteiger partial charge on any atom is -0.480 e. The second-order valence-electron chi connectivity index (χ2n) is 5.23. The standard InChI is InChI=1S/C15H19ClN2O2S/c1-9(15(19)18-10-5-2-3-6-10)20-12-8-4-7-11(16)13(12)14(17)21/h4,7-10H,2-3,5-6H2,1H3,(H2,17,21)(H,18,19). The molecule has 4 nitrogen and oxygen atoms in total. The number of halogens is 1. The van der Waals surface area contributed by atoms with Crippen LogP contribution in [0.15, 0.2) is 18.2 Å². The molecule has 0 radical (unpaired) electrons. The second kappa shape index (κ2) is 7.09. The Morgan fingerprint density at radius 3 is 2.76 bits per heavy atom. The minimum absolute atomic E-state index is 0.129. The predicted octanol–water partition coefficient (Wildman–Crippen LogP) is 2.80. The molecule has 1 aromatic carbocycles. The van der Waals surface area contributed by atoms with Gasteiger partial charge in [0.05, 0.1) is 10.6 Å². The summed E-state index contributed by atoms with van der Waals surface area (Å²) in [4.78, 5) is 12.3. The summed E-state index contributed by atoms with van der Waals surface area (Å²) in [7, 11) is 0. The third kappa shape index (κ3) is 4.08. The number of carbonyl (C=O) groups is 1. The highest BCUT2D eigenvalue weighted by molar-refractivity contribution is 7.80. The van der Waals surface area contributed by atoms with Crippen molar-refractivity contribution in [3.05, 3.63) is 28.8 Å². The molecular formula is C15H19ClN2O2S. The third-order valence-electron chi connectivity index (χ3n) is 3.60. The van der Waals surface area contributed by atoms with Crippen molar-refractivity contribution >= 4 is 34.7 Å². The lowest BCUT2D eigenvalue weighted by Crippen LogP contribution is -2.41. The maximum absolute atomic E-state index is 12.1. The maximum atomic E-state index is 12.1. The summed E-state index contributed by atoms with van der Waals surface area (Å²) in [6.45, 7) is 1.70. The van der Waals surface area contributed by atoms with E-state index in [-0.39, 0.29) is 16.9 Å². The fourth-order valence-electron chi connectivity index (χ4n) is 2.47. The highest BCUT2D eigenvalue weighted by Gasteiger charge is 2.23. The summed E-state index contributed by atoms with van der Waals surface area (Å²) in [5, 5.41) is 3.42.